The number of carbonyl (C=O) groups excluding carboxylic acids is 1. The second kappa shape index (κ2) is 6.78. The lowest BCUT2D eigenvalue weighted by molar-refractivity contribution is 0.0527. The summed E-state index contributed by atoms with van der Waals surface area (Å²) < 4.78 is 6.83. The first-order chi connectivity index (χ1) is 10.1. The lowest BCUT2D eigenvalue weighted by Crippen LogP contribution is -2.14. The number of para-hydroxylation sites is 1. The number of hydrogen-bond donors (Lipinski definition) is 2. The van der Waals surface area contributed by atoms with E-state index in [1.165, 1.54) is 0 Å². The number of hydrogen-bond acceptors (Lipinski definition) is 5. The molecule has 0 spiro atoms. The molecular formula is C15H20N4O2. The van der Waals surface area contributed by atoms with E-state index >= 15 is 0 Å². The second-order valence-electron chi connectivity index (χ2n) is 4.69. The van der Waals surface area contributed by atoms with Crippen LogP contribution in [0.4, 0.5) is 11.4 Å². The highest BCUT2D eigenvalue weighted by Gasteiger charge is 2.13. The third-order valence-electron chi connectivity index (χ3n) is 3.02. The van der Waals surface area contributed by atoms with Crippen molar-refractivity contribution < 1.29 is 9.53 Å². The molecule has 6 nitrogen and oxygen atoms in total. The molecule has 1 heterocycles. The van der Waals surface area contributed by atoms with Crippen LogP contribution in [0.15, 0.2) is 30.6 Å². The molecule has 0 radical (unpaired) electrons. The van der Waals surface area contributed by atoms with E-state index in [1.54, 1.807) is 19.1 Å². The molecule has 0 atom stereocenters. The van der Waals surface area contributed by atoms with Gasteiger partial charge in [-0.1, -0.05) is 6.07 Å². The average Bonchev–Trinajstić information content (AvgIpc) is 2.86. The Bertz CT molecular complexity index is 622. The fraction of sp³-hybridized carbons (Fsp3) is 0.333. The van der Waals surface area contributed by atoms with Crippen LogP contribution in [0.2, 0.25) is 0 Å². The largest absolute Gasteiger partial charge is 0.462 e. The molecule has 0 aliphatic rings. The molecule has 0 aliphatic carbocycles. The summed E-state index contributed by atoms with van der Waals surface area (Å²) in [6.45, 7) is 5.48. The summed E-state index contributed by atoms with van der Waals surface area (Å²) >= 11 is 0. The zero-order valence-corrected chi connectivity index (χ0v) is 12.3. The third kappa shape index (κ3) is 3.75. The number of aryl methyl sites for hydroxylation is 1. The van der Waals surface area contributed by atoms with Crippen LogP contribution < -0.4 is 11.1 Å². The predicted molar refractivity (Wildman–Crippen MR) is 82.3 cm³/mol. The van der Waals surface area contributed by atoms with E-state index in [1.807, 2.05) is 30.1 Å². The van der Waals surface area contributed by atoms with Crippen molar-refractivity contribution in [3.05, 3.63) is 41.7 Å². The average molecular weight is 288 g/mol. The molecule has 1 aromatic carbocycles. The van der Waals surface area contributed by atoms with E-state index < -0.39 is 5.97 Å². The number of aromatic nitrogens is 2. The number of nitrogens with two attached hydrogens (primary N) is 1. The molecule has 1 aromatic heterocycles. The van der Waals surface area contributed by atoms with Gasteiger partial charge in [-0.2, -0.15) is 5.10 Å². The number of ether oxygens (including phenoxy) is 1. The van der Waals surface area contributed by atoms with Gasteiger partial charge in [-0.15, -0.1) is 0 Å². The fourth-order valence-electron chi connectivity index (χ4n) is 2.00. The lowest BCUT2D eigenvalue weighted by Gasteiger charge is -2.12. The Hall–Kier alpha value is -2.50. The van der Waals surface area contributed by atoms with Crippen LogP contribution in [0.25, 0.3) is 0 Å². The van der Waals surface area contributed by atoms with Gasteiger partial charge in [0.25, 0.3) is 0 Å². The molecule has 0 unspecified atom stereocenters. The van der Waals surface area contributed by atoms with Gasteiger partial charge >= 0.3 is 5.97 Å². The van der Waals surface area contributed by atoms with Gasteiger partial charge in [-0.3, -0.25) is 4.68 Å². The zero-order valence-electron chi connectivity index (χ0n) is 12.3. The van der Waals surface area contributed by atoms with E-state index in [-0.39, 0.29) is 0 Å². The van der Waals surface area contributed by atoms with Crippen molar-refractivity contribution in [2.75, 3.05) is 24.2 Å². The van der Waals surface area contributed by atoms with Crippen molar-refractivity contribution in [3.8, 4) is 0 Å². The van der Waals surface area contributed by atoms with Crippen molar-refractivity contribution in [2.24, 2.45) is 0 Å². The van der Waals surface area contributed by atoms with Crippen molar-refractivity contribution >= 4 is 17.3 Å². The highest BCUT2D eigenvalue weighted by Crippen LogP contribution is 2.23. The molecule has 0 aliphatic heterocycles. The molecule has 2 rings (SSSR count). The van der Waals surface area contributed by atoms with E-state index in [0.29, 0.717) is 24.4 Å². The Morgan fingerprint density at radius 2 is 2.29 bits per heavy atom. The topological polar surface area (TPSA) is 82.2 Å². The maximum Gasteiger partial charge on any atom is 0.340 e. The van der Waals surface area contributed by atoms with Gasteiger partial charge in [0.15, 0.2) is 0 Å². The van der Waals surface area contributed by atoms with Crippen molar-refractivity contribution in [3.63, 3.8) is 0 Å². The Balaban J connectivity index is 2.00. The maximum absolute atomic E-state index is 11.8. The Kier molecular flexibility index (Phi) is 4.81. The molecule has 3 N–H and O–H groups in total. The Labute approximate surface area is 123 Å². The highest BCUT2D eigenvalue weighted by molar-refractivity contribution is 5.98. The summed E-state index contributed by atoms with van der Waals surface area (Å²) in [6, 6.07) is 5.28. The smallest absolute Gasteiger partial charge is 0.340 e. The van der Waals surface area contributed by atoms with Gasteiger partial charge in [-0.25, -0.2) is 4.79 Å². The minimum atomic E-state index is -0.402. The molecule has 2 aromatic rings. The highest BCUT2D eigenvalue weighted by atomic mass is 16.5. The number of carbonyl (C=O) groups is 1. The molecule has 112 valence electrons. The molecule has 21 heavy (non-hydrogen) atoms. The van der Waals surface area contributed by atoms with Gasteiger partial charge in [0, 0.05) is 12.7 Å². The molecule has 6 heteroatoms. The Morgan fingerprint density at radius 3 is 2.95 bits per heavy atom. The first kappa shape index (κ1) is 14.9. The van der Waals surface area contributed by atoms with Gasteiger partial charge in [-0.05, 0) is 31.5 Å². The summed E-state index contributed by atoms with van der Waals surface area (Å²) in [5.74, 6) is -0.402. The van der Waals surface area contributed by atoms with Crippen molar-refractivity contribution in [1.29, 1.82) is 0 Å². The first-order valence-electron chi connectivity index (χ1n) is 6.90. The third-order valence-corrected chi connectivity index (χ3v) is 3.02. The minimum Gasteiger partial charge on any atom is -0.462 e. The van der Waals surface area contributed by atoms with Crippen LogP contribution in [0.5, 0.6) is 0 Å². The van der Waals surface area contributed by atoms with Crippen molar-refractivity contribution in [2.45, 2.75) is 20.4 Å². The van der Waals surface area contributed by atoms with Crippen LogP contribution in [-0.2, 0) is 11.3 Å². The predicted octanol–water partition coefficient (Wildman–Crippen LogP) is 2.06. The van der Waals surface area contributed by atoms with E-state index in [9.17, 15) is 4.79 Å². The van der Waals surface area contributed by atoms with Gasteiger partial charge < -0.3 is 15.8 Å². The van der Waals surface area contributed by atoms with Crippen LogP contribution in [0.3, 0.4) is 0 Å². The van der Waals surface area contributed by atoms with Gasteiger partial charge in [0.1, 0.15) is 0 Å². The molecule has 0 amide bonds. The molecule has 0 bridgehead atoms. The number of rotatable bonds is 6. The minimum absolute atomic E-state index is 0.328. The summed E-state index contributed by atoms with van der Waals surface area (Å²) in [4.78, 5) is 11.8. The van der Waals surface area contributed by atoms with Crippen LogP contribution in [0, 0.1) is 6.92 Å². The second-order valence-corrected chi connectivity index (χ2v) is 4.69. The number of nitrogen functional groups attached to an aromatic ring is 1. The number of nitrogens with one attached hydrogen (secondary N) is 1. The summed E-state index contributed by atoms with van der Waals surface area (Å²) in [5.41, 5.74) is 8.66. The zero-order chi connectivity index (χ0) is 15.2. The maximum atomic E-state index is 11.8. The number of nitrogens with zero attached hydrogens (tertiary/aromatic N) is 2. The molecule has 0 saturated heterocycles. The van der Waals surface area contributed by atoms with Gasteiger partial charge in [0.05, 0.1) is 36.3 Å². The lowest BCUT2D eigenvalue weighted by atomic mass is 10.1. The normalized spacial score (nSPS) is 10.4. The molecular weight excluding hydrogens is 268 g/mol. The van der Waals surface area contributed by atoms with Gasteiger partial charge in [0.2, 0.25) is 0 Å². The SMILES string of the molecule is CCOC(=O)c1cccc(NCCn2cc(C)cn2)c1N. The molecule has 0 saturated carbocycles. The number of esters is 1. The summed E-state index contributed by atoms with van der Waals surface area (Å²) in [5, 5.41) is 7.43. The monoisotopic (exact) mass is 288 g/mol. The van der Waals surface area contributed by atoms with Crippen molar-refractivity contribution in [1.82, 2.24) is 9.78 Å². The van der Waals surface area contributed by atoms with E-state index in [4.69, 9.17) is 10.5 Å². The number of benzene rings is 1. The standard InChI is InChI=1S/C15H20N4O2/c1-3-21-15(20)12-5-4-6-13(14(12)16)17-7-8-19-10-11(2)9-18-19/h4-6,9-10,17H,3,7-8,16H2,1-2H3. The fourth-order valence-corrected chi connectivity index (χ4v) is 2.00. The summed E-state index contributed by atoms with van der Waals surface area (Å²) in [7, 11) is 0. The number of anilines is 2. The quantitative estimate of drug-likeness (QED) is 0.628. The van der Waals surface area contributed by atoms with Crippen LogP contribution in [-0.4, -0.2) is 28.9 Å². The first-order valence-corrected chi connectivity index (χ1v) is 6.90. The van der Waals surface area contributed by atoms with E-state index in [0.717, 1.165) is 17.8 Å². The van der Waals surface area contributed by atoms with Crippen LogP contribution in [0.1, 0.15) is 22.8 Å². The Morgan fingerprint density at radius 1 is 1.48 bits per heavy atom. The van der Waals surface area contributed by atoms with Crippen LogP contribution >= 0.6 is 0 Å². The summed E-state index contributed by atoms with van der Waals surface area (Å²) in [6.07, 6.45) is 3.79. The van der Waals surface area contributed by atoms with E-state index in [2.05, 4.69) is 10.4 Å². The molecule has 0 fully saturated rings.